The van der Waals surface area contributed by atoms with Crippen LogP contribution in [0.1, 0.15) is 36.0 Å². The summed E-state index contributed by atoms with van der Waals surface area (Å²) >= 11 is 0. The van der Waals surface area contributed by atoms with Crippen molar-refractivity contribution in [2.24, 2.45) is 17.8 Å². The standard InChI is InChI=1S/C15H16F3NO/c16-12-5-10(6-13(17)14(12)18)15(20)19-7-11-4-8-1-2-9(11)3-8/h5-6,8-9,11H,1-4,7H2,(H,19,20). The summed E-state index contributed by atoms with van der Waals surface area (Å²) in [4.78, 5) is 11.9. The average molecular weight is 283 g/mol. The highest BCUT2D eigenvalue weighted by Gasteiger charge is 2.39. The van der Waals surface area contributed by atoms with E-state index in [0.29, 0.717) is 18.4 Å². The fraction of sp³-hybridized carbons (Fsp3) is 0.533. The van der Waals surface area contributed by atoms with E-state index in [9.17, 15) is 18.0 Å². The van der Waals surface area contributed by atoms with Crippen molar-refractivity contribution >= 4 is 5.91 Å². The molecule has 3 rings (SSSR count). The zero-order valence-corrected chi connectivity index (χ0v) is 11.0. The fourth-order valence-electron chi connectivity index (χ4n) is 3.64. The van der Waals surface area contributed by atoms with E-state index in [0.717, 1.165) is 24.5 Å². The third-order valence-electron chi connectivity index (χ3n) is 4.66. The van der Waals surface area contributed by atoms with Gasteiger partial charge in [0, 0.05) is 12.1 Å². The molecule has 1 amide bonds. The Labute approximate surface area is 115 Å². The van der Waals surface area contributed by atoms with Crippen LogP contribution in [0.15, 0.2) is 12.1 Å². The van der Waals surface area contributed by atoms with Gasteiger partial charge in [0.1, 0.15) is 0 Å². The number of rotatable bonds is 3. The molecule has 2 saturated carbocycles. The SMILES string of the molecule is O=C(NCC1CC2CCC1C2)c1cc(F)c(F)c(F)c1. The molecule has 20 heavy (non-hydrogen) atoms. The minimum atomic E-state index is -1.55. The normalized spacial score (nSPS) is 27.9. The van der Waals surface area contributed by atoms with Crippen molar-refractivity contribution in [2.45, 2.75) is 25.7 Å². The number of hydrogen-bond donors (Lipinski definition) is 1. The maximum atomic E-state index is 13.1. The van der Waals surface area contributed by atoms with E-state index in [2.05, 4.69) is 5.32 Å². The molecule has 0 spiro atoms. The predicted molar refractivity (Wildman–Crippen MR) is 67.6 cm³/mol. The van der Waals surface area contributed by atoms with Gasteiger partial charge < -0.3 is 5.32 Å². The zero-order valence-electron chi connectivity index (χ0n) is 11.0. The highest BCUT2D eigenvalue weighted by Crippen LogP contribution is 2.47. The molecule has 3 unspecified atom stereocenters. The van der Waals surface area contributed by atoms with E-state index >= 15 is 0 Å². The van der Waals surface area contributed by atoms with Gasteiger partial charge in [0.15, 0.2) is 17.5 Å². The largest absolute Gasteiger partial charge is 0.352 e. The van der Waals surface area contributed by atoms with Crippen LogP contribution in [-0.4, -0.2) is 12.5 Å². The summed E-state index contributed by atoms with van der Waals surface area (Å²) in [5.74, 6) is -2.86. The quantitative estimate of drug-likeness (QED) is 0.848. The predicted octanol–water partition coefficient (Wildman–Crippen LogP) is 3.27. The molecule has 1 aromatic carbocycles. The Balaban J connectivity index is 1.62. The van der Waals surface area contributed by atoms with Gasteiger partial charge in [0.25, 0.3) is 5.91 Å². The molecule has 2 aliphatic carbocycles. The number of carbonyl (C=O) groups is 1. The third kappa shape index (κ3) is 2.41. The number of carbonyl (C=O) groups excluding carboxylic acids is 1. The molecule has 2 bridgehead atoms. The highest BCUT2D eigenvalue weighted by atomic mass is 19.2. The molecule has 1 N–H and O–H groups in total. The molecule has 5 heteroatoms. The van der Waals surface area contributed by atoms with E-state index in [-0.39, 0.29) is 5.56 Å². The van der Waals surface area contributed by atoms with E-state index in [1.807, 2.05) is 0 Å². The summed E-state index contributed by atoms with van der Waals surface area (Å²) in [5.41, 5.74) is -0.176. The molecule has 2 fully saturated rings. The summed E-state index contributed by atoms with van der Waals surface area (Å²) in [6.45, 7) is 0.528. The molecule has 2 nitrogen and oxygen atoms in total. The van der Waals surface area contributed by atoms with E-state index < -0.39 is 23.4 Å². The molecular formula is C15H16F3NO. The van der Waals surface area contributed by atoms with E-state index in [1.54, 1.807) is 0 Å². The first-order valence-corrected chi connectivity index (χ1v) is 6.97. The Kier molecular flexibility index (Phi) is 3.44. The van der Waals surface area contributed by atoms with Crippen molar-refractivity contribution in [1.82, 2.24) is 5.32 Å². The van der Waals surface area contributed by atoms with E-state index in [4.69, 9.17) is 0 Å². The number of amides is 1. The maximum absolute atomic E-state index is 13.1. The second-order valence-corrected chi connectivity index (χ2v) is 5.90. The van der Waals surface area contributed by atoms with Gasteiger partial charge in [-0.2, -0.15) is 0 Å². The van der Waals surface area contributed by atoms with Crippen molar-refractivity contribution in [2.75, 3.05) is 6.54 Å². The summed E-state index contributed by atoms with van der Waals surface area (Å²) in [7, 11) is 0. The number of nitrogens with one attached hydrogen (secondary N) is 1. The summed E-state index contributed by atoms with van der Waals surface area (Å²) in [5, 5.41) is 2.70. The minimum Gasteiger partial charge on any atom is -0.352 e. The second kappa shape index (κ2) is 5.11. The first kappa shape index (κ1) is 13.5. The monoisotopic (exact) mass is 283 g/mol. The zero-order chi connectivity index (χ0) is 14.3. The number of fused-ring (bicyclic) bond motifs is 2. The Morgan fingerprint density at radius 1 is 1.15 bits per heavy atom. The summed E-state index contributed by atoms with van der Waals surface area (Å²) < 4.78 is 39.0. The molecule has 1 aromatic rings. The molecule has 0 radical (unpaired) electrons. The topological polar surface area (TPSA) is 29.1 Å². The van der Waals surface area contributed by atoms with Gasteiger partial charge in [-0.05, 0) is 49.1 Å². The lowest BCUT2D eigenvalue weighted by molar-refractivity contribution is 0.0940. The van der Waals surface area contributed by atoms with Crippen molar-refractivity contribution in [3.05, 3.63) is 35.1 Å². The van der Waals surface area contributed by atoms with Gasteiger partial charge in [0.2, 0.25) is 0 Å². The minimum absolute atomic E-state index is 0.176. The van der Waals surface area contributed by atoms with Crippen LogP contribution in [0.3, 0.4) is 0 Å². The van der Waals surface area contributed by atoms with Gasteiger partial charge in [-0.1, -0.05) is 6.42 Å². The van der Waals surface area contributed by atoms with Crippen LogP contribution in [0.5, 0.6) is 0 Å². The van der Waals surface area contributed by atoms with Gasteiger partial charge >= 0.3 is 0 Å². The van der Waals surface area contributed by atoms with Gasteiger partial charge in [-0.25, -0.2) is 13.2 Å². The molecule has 108 valence electrons. The van der Waals surface area contributed by atoms with Gasteiger partial charge in [-0.3, -0.25) is 4.79 Å². The van der Waals surface area contributed by atoms with Crippen LogP contribution in [0.4, 0.5) is 13.2 Å². The first-order valence-electron chi connectivity index (χ1n) is 6.97. The smallest absolute Gasteiger partial charge is 0.251 e. The van der Waals surface area contributed by atoms with Crippen molar-refractivity contribution in [1.29, 1.82) is 0 Å². The molecule has 2 aliphatic rings. The van der Waals surface area contributed by atoms with Crippen LogP contribution in [0.2, 0.25) is 0 Å². The molecule has 0 aromatic heterocycles. The third-order valence-corrected chi connectivity index (χ3v) is 4.66. The summed E-state index contributed by atoms with van der Waals surface area (Å²) in [6, 6.07) is 1.46. The Morgan fingerprint density at radius 2 is 1.85 bits per heavy atom. The lowest BCUT2D eigenvalue weighted by Gasteiger charge is -2.21. The first-order chi connectivity index (χ1) is 9.54. The number of hydrogen-bond acceptors (Lipinski definition) is 1. The van der Waals surface area contributed by atoms with Crippen molar-refractivity contribution in [3.8, 4) is 0 Å². The highest BCUT2D eigenvalue weighted by molar-refractivity contribution is 5.94. The number of halogens is 3. The van der Waals surface area contributed by atoms with Crippen LogP contribution in [0.25, 0.3) is 0 Å². The molecule has 0 saturated heterocycles. The molecule has 0 heterocycles. The van der Waals surface area contributed by atoms with Crippen LogP contribution >= 0.6 is 0 Å². The number of benzene rings is 1. The van der Waals surface area contributed by atoms with Crippen LogP contribution in [-0.2, 0) is 0 Å². The van der Waals surface area contributed by atoms with Gasteiger partial charge in [-0.15, -0.1) is 0 Å². The second-order valence-electron chi connectivity index (χ2n) is 5.90. The Bertz CT molecular complexity index is 523. The molecule has 0 aliphatic heterocycles. The van der Waals surface area contributed by atoms with Crippen LogP contribution < -0.4 is 5.32 Å². The molecule has 3 atom stereocenters. The lowest BCUT2D eigenvalue weighted by atomic mass is 9.89. The summed E-state index contributed by atoms with van der Waals surface area (Å²) in [6.07, 6.45) is 4.85. The maximum Gasteiger partial charge on any atom is 0.251 e. The van der Waals surface area contributed by atoms with Crippen LogP contribution in [0, 0.1) is 35.2 Å². The Hall–Kier alpha value is -1.52. The lowest BCUT2D eigenvalue weighted by Crippen LogP contribution is -2.31. The fourth-order valence-corrected chi connectivity index (χ4v) is 3.64. The van der Waals surface area contributed by atoms with Gasteiger partial charge in [0.05, 0.1) is 0 Å². The van der Waals surface area contributed by atoms with Crippen molar-refractivity contribution < 1.29 is 18.0 Å². The Morgan fingerprint density at radius 3 is 2.40 bits per heavy atom. The average Bonchev–Trinajstić information content (AvgIpc) is 3.04. The van der Waals surface area contributed by atoms with E-state index in [1.165, 1.54) is 19.3 Å². The molecular weight excluding hydrogens is 267 g/mol. The van der Waals surface area contributed by atoms with Crippen molar-refractivity contribution in [3.63, 3.8) is 0 Å².